The van der Waals surface area contributed by atoms with E-state index in [4.69, 9.17) is 72.0 Å². The maximum absolute atomic E-state index is 13.4. The van der Waals surface area contributed by atoms with Crippen LogP contribution in [0.4, 0.5) is 0 Å². The number of hydrogen-bond donors (Lipinski definition) is 2. The molecule has 0 aliphatic carbocycles. The lowest BCUT2D eigenvalue weighted by Gasteiger charge is -2.31. The van der Waals surface area contributed by atoms with E-state index in [-0.39, 0.29) is 0 Å². The van der Waals surface area contributed by atoms with Gasteiger partial charge in [0.05, 0.1) is 98.3 Å². The molecule has 0 bridgehead atoms. The summed E-state index contributed by atoms with van der Waals surface area (Å²) in [7, 11) is 2.81. The molecule has 0 saturated heterocycles. The molecule has 9 heterocycles. The van der Waals surface area contributed by atoms with Crippen LogP contribution >= 0.6 is 31.9 Å². The van der Waals surface area contributed by atoms with E-state index in [0.29, 0.717) is 61.4 Å². The molecule has 0 fully saturated rings. The van der Waals surface area contributed by atoms with Crippen LogP contribution in [0.5, 0.6) is 23.0 Å². The first-order valence-corrected chi connectivity index (χ1v) is 50.1. The van der Waals surface area contributed by atoms with Crippen molar-refractivity contribution in [1.82, 2.24) is 19.9 Å². The number of aromatic nitrogens is 4. The van der Waals surface area contributed by atoms with Crippen molar-refractivity contribution in [2.75, 3.05) is 40.6 Å². The molecule has 21 rings (SSSR count). The number of carboxylic acid groups (broad SMARTS) is 2. The highest BCUT2D eigenvalue weighted by molar-refractivity contribution is 9.09. The van der Waals surface area contributed by atoms with Crippen molar-refractivity contribution in [3.8, 4) is 67.5 Å². The van der Waals surface area contributed by atoms with E-state index < -0.39 is 70.7 Å². The van der Waals surface area contributed by atoms with Gasteiger partial charge in [0.15, 0.2) is 24.4 Å². The third-order valence-electron chi connectivity index (χ3n) is 27.0. The average Bonchev–Trinajstić information content (AvgIpc) is 1.40. The normalized spacial score (nSPS) is 14.5. The van der Waals surface area contributed by atoms with Crippen molar-refractivity contribution in [3.63, 3.8) is 0 Å². The van der Waals surface area contributed by atoms with Crippen LogP contribution in [-0.2, 0) is 102 Å². The Kier molecular flexibility index (Phi) is 27.6. The van der Waals surface area contributed by atoms with Crippen LogP contribution in [0.2, 0.25) is 0 Å². The highest BCUT2D eigenvalue weighted by atomic mass is 79.9. The largest absolute Gasteiger partial charge is 0.493 e. The van der Waals surface area contributed by atoms with E-state index in [1.54, 1.807) is 0 Å². The monoisotopic (exact) mass is 2020 g/mol. The van der Waals surface area contributed by atoms with Gasteiger partial charge in [-0.3, -0.25) is 19.9 Å². The van der Waals surface area contributed by atoms with Gasteiger partial charge in [0.1, 0.15) is 23.0 Å². The second kappa shape index (κ2) is 39.6. The van der Waals surface area contributed by atoms with E-state index >= 15 is 0 Å². The van der Waals surface area contributed by atoms with E-state index in [1.807, 2.05) is 219 Å². The number of carbonyl (C=O) groups is 4. The number of fused-ring (bicyclic) bond motifs is 6. The van der Waals surface area contributed by atoms with Crippen LogP contribution in [-0.4, -0.2) is 117 Å². The minimum Gasteiger partial charge on any atom is -0.493 e. The molecular weight excluding hydrogens is 1910 g/mol. The number of esters is 2. The fraction of sp³-hybridized carbons (Fsp3) is 0.322. The molecule has 21 nitrogen and oxygen atoms in total. The first-order valence-electron chi connectivity index (χ1n) is 47.8. The molecule has 0 unspecified atom stereocenters. The number of ether oxygens (including phenoxy) is 11. The first-order chi connectivity index (χ1) is 67.5. The summed E-state index contributed by atoms with van der Waals surface area (Å²) in [5.41, 5.74) is 24.0. The molecular formula is C118H116Br2N4O17. The Labute approximate surface area is 837 Å². The summed E-state index contributed by atoms with van der Waals surface area (Å²) in [6.45, 7) is 34.5. The number of halogens is 2. The molecule has 724 valence electrons. The number of nitrogens with zero attached hydrogens (tertiary/aromatic N) is 4. The molecule has 12 aromatic carbocycles. The van der Waals surface area contributed by atoms with E-state index in [9.17, 15) is 29.4 Å². The molecule has 2 N–H and O–H groups in total. The Hall–Kier alpha value is -12.8. The third kappa shape index (κ3) is 18.8. The summed E-state index contributed by atoms with van der Waals surface area (Å²) in [5, 5.41) is 34.4. The van der Waals surface area contributed by atoms with Gasteiger partial charge < -0.3 is 62.3 Å². The zero-order valence-electron chi connectivity index (χ0n) is 82.8. The third-order valence-corrected chi connectivity index (χ3v) is 28.1. The van der Waals surface area contributed by atoms with Gasteiger partial charge in [-0.2, -0.15) is 0 Å². The molecule has 4 atom stereocenters. The van der Waals surface area contributed by atoms with Gasteiger partial charge in [0.25, 0.3) is 0 Å². The lowest BCUT2D eigenvalue weighted by atomic mass is 9.83. The number of carbonyl (C=O) groups excluding carboxylic acids is 2. The predicted molar refractivity (Wildman–Crippen MR) is 562 cm³/mol. The van der Waals surface area contributed by atoms with Crippen LogP contribution in [0.1, 0.15) is 197 Å². The fourth-order valence-corrected chi connectivity index (χ4v) is 22.2. The first kappa shape index (κ1) is 98.3. The SMILES string of the molecule is CC(C)(C)O[C@H](C(=O)O)c1c2c(c3ccccc3c1-c1ccc3c4c(ccnc14)CCO3)COC2.COC(=O)[C@@H](OC(C)(C)C)c1c(C)c(C)c2ccccc2c1-c1ccc2c3c(ccnc13)CCO2.COC(=O)[C@@H](OC(C)(C)C)c1c(CBr)c(CBr)c2ccccc2c1-c1ccc2c3c(ccnc13)CCO2.Cc1c([C@H](OC(C)(C)C)C(=O)O)c(-c2ccc3c4c(ccnc24)CCO3)c2ccccc2c1C. The van der Waals surface area contributed by atoms with Crippen molar-refractivity contribution in [2.45, 2.75) is 207 Å². The van der Waals surface area contributed by atoms with Crippen LogP contribution in [0.25, 0.3) is 131 Å². The van der Waals surface area contributed by atoms with Crippen molar-refractivity contribution in [1.29, 1.82) is 0 Å². The molecule has 0 saturated carbocycles. The Morgan fingerprint density at radius 3 is 0.943 bits per heavy atom. The van der Waals surface area contributed by atoms with Crippen molar-refractivity contribution in [2.24, 2.45) is 0 Å². The average molecular weight is 2020 g/mol. The second-order valence-corrected chi connectivity index (χ2v) is 41.4. The molecule has 141 heavy (non-hydrogen) atoms. The quantitative estimate of drug-likeness (QED) is 0.0597. The lowest BCUT2D eigenvalue weighted by molar-refractivity contribution is -0.164. The molecule has 5 aliphatic rings. The minimum absolute atomic E-state index is 0.345. The maximum Gasteiger partial charge on any atom is 0.339 e. The van der Waals surface area contributed by atoms with Gasteiger partial charge in [-0.1, -0.05) is 129 Å². The summed E-state index contributed by atoms with van der Waals surface area (Å²) >= 11 is 7.46. The molecule has 23 heteroatoms. The lowest BCUT2D eigenvalue weighted by Crippen LogP contribution is -2.29. The molecule has 0 amide bonds. The minimum atomic E-state index is -1.16. The van der Waals surface area contributed by atoms with E-state index in [2.05, 4.69) is 119 Å². The van der Waals surface area contributed by atoms with Crippen molar-refractivity contribution < 1.29 is 81.5 Å². The van der Waals surface area contributed by atoms with Crippen molar-refractivity contribution >= 4 is 142 Å². The summed E-state index contributed by atoms with van der Waals surface area (Å²) < 4.78 is 65.6. The molecule has 0 radical (unpaired) electrons. The molecule has 5 aliphatic heterocycles. The standard InChI is InChI=1S/C30H29Br2NO4.C30H31NO4.C29H27NO5.C29H29NO4/c1-30(2,3)37-28(29(34)35-4)26-22(16-32)21(15-31)18-7-5-6-8-19(18)25(26)20-9-10-23-24-17(12-14-36-23)11-13-33-27(20)24;1-17-18(2)24(28(29(32)33-6)35-30(3,4)5)26(21-10-8-7-9-20(17)21)22-11-12-23-25-19(14-16-34-23)13-15-31-27(22)25;1-29(2,3)35-27(28(31)32)25-21-15-33-14-20(21)17-6-4-5-7-18(17)24(25)19-8-9-22-23-16(11-13-34-22)10-12-30-26(19)23;1-16-17(2)23(27(28(31)32)34-29(3,4)5)25(20-9-7-6-8-19(16)20)21-10-11-22-24-18(13-15-33-22)12-14-30-26(21)24/h5-11,13,28H,12,14-16H2,1-4H3;7-13,15,28H,14,16H2,1-6H3;4-10,12,27H,11,13-15H2,1-3H3,(H,31,32);6-12,14,27H,13,15H2,1-5H3,(H,31,32)/t2*28-;2*27-/m0000/s1. The van der Waals surface area contributed by atoms with Gasteiger partial charge in [0.2, 0.25) is 0 Å². The van der Waals surface area contributed by atoms with Crippen LogP contribution < -0.4 is 18.9 Å². The van der Waals surface area contributed by atoms with Crippen molar-refractivity contribution in [3.05, 3.63) is 284 Å². The van der Waals surface area contributed by atoms with E-state index in [0.717, 1.165) is 236 Å². The number of aryl methyl sites for hydroxylation is 2. The number of benzene rings is 12. The topological polar surface area (TPSA) is 262 Å². The number of carboxylic acids is 2. The highest BCUT2D eigenvalue weighted by Crippen LogP contribution is 2.54. The number of aliphatic carboxylic acids is 2. The van der Waals surface area contributed by atoms with Crippen LogP contribution in [0, 0.1) is 27.7 Å². The fourth-order valence-electron chi connectivity index (χ4n) is 20.9. The highest BCUT2D eigenvalue weighted by Gasteiger charge is 2.42. The summed E-state index contributed by atoms with van der Waals surface area (Å²) in [6.07, 6.45) is 6.58. The molecule has 4 aromatic heterocycles. The van der Waals surface area contributed by atoms with Crippen LogP contribution in [0.15, 0.2) is 195 Å². The van der Waals surface area contributed by atoms with E-state index in [1.165, 1.54) is 36.5 Å². The zero-order chi connectivity index (χ0) is 99.7. The van der Waals surface area contributed by atoms with Gasteiger partial charge in [-0.15, -0.1) is 0 Å². The molecule has 16 aromatic rings. The number of alkyl halides is 2. The number of methoxy groups -OCH3 is 2. The van der Waals surface area contributed by atoms with Gasteiger partial charge >= 0.3 is 23.9 Å². The second-order valence-electron chi connectivity index (χ2n) is 40.3. The van der Waals surface area contributed by atoms with Gasteiger partial charge in [0, 0.05) is 127 Å². The number of pyridine rings is 4. The molecule has 0 spiro atoms. The zero-order valence-corrected chi connectivity index (χ0v) is 86.0. The Bertz CT molecular complexity index is 7700. The smallest absolute Gasteiger partial charge is 0.339 e. The predicted octanol–water partition coefficient (Wildman–Crippen LogP) is 27.0. The Balaban J connectivity index is 0.000000124. The number of hydrogen-bond acceptors (Lipinski definition) is 19. The van der Waals surface area contributed by atoms with Gasteiger partial charge in [-0.05, 0) is 316 Å². The van der Waals surface area contributed by atoms with Gasteiger partial charge in [-0.25, -0.2) is 19.2 Å². The summed E-state index contributed by atoms with van der Waals surface area (Å²) in [4.78, 5) is 71.2. The maximum atomic E-state index is 13.4. The number of rotatable bonds is 18. The summed E-state index contributed by atoms with van der Waals surface area (Å²) in [5.74, 6) is 0.442. The van der Waals surface area contributed by atoms with Crippen LogP contribution in [0.3, 0.4) is 0 Å². The summed E-state index contributed by atoms with van der Waals surface area (Å²) in [6, 6.07) is 57.3. The Morgan fingerprint density at radius 2 is 0.610 bits per heavy atom. The Morgan fingerprint density at radius 1 is 0.333 bits per heavy atom.